The van der Waals surface area contributed by atoms with E-state index in [0.29, 0.717) is 29.6 Å². The molecule has 4 atom stereocenters. The molecule has 0 radical (unpaired) electrons. The molecule has 6 nitrogen and oxygen atoms in total. The van der Waals surface area contributed by atoms with Gasteiger partial charge in [0.2, 0.25) is 5.91 Å². The number of carbonyl (C=O) groups is 2. The summed E-state index contributed by atoms with van der Waals surface area (Å²) in [4.78, 5) is 28.6. The van der Waals surface area contributed by atoms with Crippen molar-refractivity contribution in [3.8, 4) is 0 Å². The highest BCUT2D eigenvalue weighted by Gasteiger charge is 2.48. The molecule has 2 aromatic rings. The lowest BCUT2D eigenvalue weighted by molar-refractivity contribution is -0.127. The molecule has 4 rings (SSSR count). The van der Waals surface area contributed by atoms with E-state index in [1.54, 1.807) is 18.3 Å². The fourth-order valence-electron chi connectivity index (χ4n) is 4.44. The molecule has 1 aromatic heterocycles. The van der Waals surface area contributed by atoms with Crippen LogP contribution in [-0.2, 0) is 11.3 Å². The minimum absolute atomic E-state index is 0. The Morgan fingerprint density at radius 1 is 1.07 bits per heavy atom. The number of nitrogens with two attached hydrogens (primary N) is 1. The zero-order valence-corrected chi connectivity index (χ0v) is 17.5. The average Bonchev–Trinajstić information content (AvgIpc) is 3.29. The lowest BCUT2D eigenvalue weighted by atomic mass is 9.84. The van der Waals surface area contributed by atoms with E-state index in [4.69, 9.17) is 5.73 Å². The summed E-state index contributed by atoms with van der Waals surface area (Å²) >= 11 is 0. The van der Waals surface area contributed by atoms with E-state index in [2.05, 4.69) is 15.6 Å². The molecule has 4 N–H and O–H groups in total. The average molecular weight is 437 g/mol. The van der Waals surface area contributed by atoms with E-state index in [-0.39, 0.29) is 48.6 Å². The van der Waals surface area contributed by atoms with E-state index >= 15 is 0 Å². The molecule has 2 amide bonds. The second-order valence-corrected chi connectivity index (χ2v) is 7.55. The van der Waals surface area contributed by atoms with Crippen molar-refractivity contribution in [2.24, 2.45) is 23.5 Å². The molecule has 2 fully saturated rings. The molecule has 2 aliphatic carbocycles. The van der Waals surface area contributed by atoms with Crippen molar-refractivity contribution in [3.05, 3.63) is 59.9 Å². The molecular formula is C21H26Cl2N4O2. The molecule has 0 spiro atoms. The first-order chi connectivity index (χ1) is 13.1. The summed E-state index contributed by atoms with van der Waals surface area (Å²) in [6, 6.07) is 10.9. The molecule has 1 heterocycles. The van der Waals surface area contributed by atoms with Crippen molar-refractivity contribution in [2.45, 2.75) is 31.8 Å². The summed E-state index contributed by atoms with van der Waals surface area (Å²) in [6.07, 6.45) is 6.55. The summed E-state index contributed by atoms with van der Waals surface area (Å²) in [7, 11) is 0. The molecular weight excluding hydrogens is 411 g/mol. The Bertz CT molecular complexity index is 830. The standard InChI is InChI=1S/C21H24N4O2.2ClH/c22-19-15-6-5-14(10-15)18(19)21(27)24-11-13-3-7-17(8-4-13)25-20(26)16-2-1-9-23-12-16;;/h1-4,7-9,12,14-15,18-19H,5-6,10-11,22H2,(H,24,27)(H,25,26);2*1H. The smallest absolute Gasteiger partial charge is 0.257 e. The third kappa shape index (κ3) is 5.07. The number of hydrogen-bond acceptors (Lipinski definition) is 4. The number of anilines is 1. The topological polar surface area (TPSA) is 97.1 Å². The van der Waals surface area contributed by atoms with Gasteiger partial charge in [0.05, 0.1) is 11.5 Å². The van der Waals surface area contributed by atoms with Crippen LogP contribution in [0.25, 0.3) is 0 Å². The number of nitrogens with one attached hydrogen (secondary N) is 2. The highest BCUT2D eigenvalue weighted by Crippen LogP contribution is 2.47. The summed E-state index contributed by atoms with van der Waals surface area (Å²) in [5, 5.41) is 5.86. The van der Waals surface area contributed by atoms with Gasteiger partial charge in [-0.15, -0.1) is 24.8 Å². The third-order valence-corrected chi connectivity index (χ3v) is 5.89. The van der Waals surface area contributed by atoms with Gasteiger partial charge in [0.15, 0.2) is 0 Å². The number of aromatic nitrogens is 1. The maximum atomic E-state index is 12.5. The van der Waals surface area contributed by atoms with E-state index < -0.39 is 0 Å². The van der Waals surface area contributed by atoms with Crippen molar-refractivity contribution < 1.29 is 9.59 Å². The molecule has 0 aliphatic heterocycles. The fourth-order valence-corrected chi connectivity index (χ4v) is 4.44. The van der Waals surface area contributed by atoms with E-state index in [9.17, 15) is 9.59 Å². The number of amides is 2. The largest absolute Gasteiger partial charge is 0.352 e. The number of hydrogen-bond donors (Lipinski definition) is 3. The quantitative estimate of drug-likeness (QED) is 0.670. The van der Waals surface area contributed by atoms with E-state index in [1.165, 1.54) is 12.6 Å². The van der Waals surface area contributed by atoms with Crippen LogP contribution in [0.5, 0.6) is 0 Å². The molecule has 2 bridgehead atoms. The van der Waals surface area contributed by atoms with Gasteiger partial charge in [0, 0.05) is 30.7 Å². The number of pyridine rings is 1. The Morgan fingerprint density at radius 2 is 1.79 bits per heavy atom. The first kappa shape index (κ1) is 23.1. The van der Waals surface area contributed by atoms with Gasteiger partial charge in [-0.25, -0.2) is 0 Å². The van der Waals surface area contributed by atoms with Gasteiger partial charge in [-0.2, -0.15) is 0 Å². The monoisotopic (exact) mass is 436 g/mol. The maximum Gasteiger partial charge on any atom is 0.257 e. The third-order valence-electron chi connectivity index (χ3n) is 5.89. The van der Waals surface area contributed by atoms with Crippen LogP contribution < -0.4 is 16.4 Å². The summed E-state index contributed by atoms with van der Waals surface area (Å²) in [5.41, 5.74) is 8.44. The van der Waals surface area contributed by atoms with Crippen LogP contribution in [0.1, 0.15) is 35.2 Å². The van der Waals surface area contributed by atoms with Crippen molar-refractivity contribution in [1.82, 2.24) is 10.3 Å². The van der Waals surface area contributed by atoms with Gasteiger partial charge in [-0.3, -0.25) is 14.6 Å². The molecule has 0 saturated heterocycles. The molecule has 2 aliphatic rings. The number of fused-ring (bicyclic) bond motifs is 2. The highest BCUT2D eigenvalue weighted by molar-refractivity contribution is 6.04. The lowest BCUT2D eigenvalue weighted by Gasteiger charge is -2.27. The predicted octanol–water partition coefficient (Wildman–Crippen LogP) is 3.17. The molecule has 4 unspecified atom stereocenters. The molecule has 1 aromatic carbocycles. The predicted molar refractivity (Wildman–Crippen MR) is 117 cm³/mol. The van der Waals surface area contributed by atoms with Gasteiger partial charge >= 0.3 is 0 Å². The van der Waals surface area contributed by atoms with Crippen molar-refractivity contribution in [1.29, 1.82) is 0 Å². The first-order valence-corrected chi connectivity index (χ1v) is 9.45. The Balaban J connectivity index is 0.00000150. The summed E-state index contributed by atoms with van der Waals surface area (Å²) in [5.74, 6) is 0.809. The van der Waals surface area contributed by atoms with E-state index in [0.717, 1.165) is 18.4 Å². The van der Waals surface area contributed by atoms with Crippen LogP contribution in [0.3, 0.4) is 0 Å². The Labute approximate surface area is 182 Å². The second-order valence-electron chi connectivity index (χ2n) is 7.55. The minimum atomic E-state index is -0.200. The lowest BCUT2D eigenvalue weighted by Crippen LogP contribution is -2.45. The summed E-state index contributed by atoms with van der Waals surface area (Å²) in [6.45, 7) is 0.469. The second kappa shape index (κ2) is 10.1. The molecule has 29 heavy (non-hydrogen) atoms. The van der Waals surface area contributed by atoms with Crippen molar-refractivity contribution >= 4 is 42.3 Å². The van der Waals surface area contributed by atoms with Crippen molar-refractivity contribution in [3.63, 3.8) is 0 Å². The van der Waals surface area contributed by atoms with Crippen LogP contribution in [0.4, 0.5) is 5.69 Å². The van der Waals surface area contributed by atoms with Gasteiger partial charge in [0.1, 0.15) is 0 Å². The molecule has 2 saturated carbocycles. The van der Waals surface area contributed by atoms with Crippen LogP contribution >= 0.6 is 24.8 Å². The fraction of sp³-hybridized carbons (Fsp3) is 0.381. The maximum absolute atomic E-state index is 12.5. The van der Waals surface area contributed by atoms with Crippen LogP contribution in [0.2, 0.25) is 0 Å². The normalized spacial score (nSPS) is 24.2. The number of carbonyl (C=O) groups excluding carboxylic acids is 2. The van der Waals surface area contributed by atoms with Gasteiger partial charge in [-0.1, -0.05) is 12.1 Å². The highest BCUT2D eigenvalue weighted by atomic mass is 35.5. The Hall–Kier alpha value is -2.15. The van der Waals surface area contributed by atoms with Gasteiger partial charge in [-0.05, 0) is 60.9 Å². The number of nitrogens with zero attached hydrogens (tertiary/aromatic N) is 1. The van der Waals surface area contributed by atoms with Gasteiger partial charge in [0.25, 0.3) is 5.91 Å². The Kier molecular flexibility index (Phi) is 8.02. The van der Waals surface area contributed by atoms with E-state index in [1.807, 2.05) is 24.3 Å². The first-order valence-electron chi connectivity index (χ1n) is 9.45. The zero-order chi connectivity index (χ0) is 18.8. The molecule has 8 heteroatoms. The van der Waals surface area contributed by atoms with Gasteiger partial charge < -0.3 is 16.4 Å². The number of rotatable bonds is 5. The van der Waals surface area contributed by atoms with Crippen LogP contribution in [-0.4, -0.2) is 22.8 Å². The number of benzene rings is 1. The summed E-state index contributed by atoms with van der Waals surface area (Å²) < 4.78 is 0. The van der Waals surface area contributed by atoms with Crippen LogP contribution in [0, 0.1) is 17.8 Å². The van der Waals surface area contributed by atoms with Crippen LogP contribution in [0.15, 0.2) is 48.8 Å². The number of halogens is 2. The SMILES string of the molecule is Cl.Cl.NC1C2CCC(C2)C1C(=O)NCc1ccc(NC(=O)c2cccnc2)cc1. The zero-order valence-electron chi connectivity index (χ0n) is 15.9. The molecule has 156 valence electrons. The Morgan fingerprint density at radius 3 is 2.41 bits per heavy atom. The van der Waals surface area contributed by atoms with Crippen molar-refractivity contribution in [2.75, 3.05) is 5.32 Å². The minimum Gasteiger partial charge on any atom is -0.352 e.